The molecule has 15 heavy (non-hydrogen) atoms. The number of nitrogens with zero attached hydrogens (tertiary/aromatic N) is 2. The van der Waals surface area contributed by atoms with Crippen molar-refractivity contribution in [2.45, 2.75) is 51.1 Å². The predicted molar refractivity (Wildman–Crippen MR) is 58.6 cm³/mol. The summed E-state index contributed by atoms with van der Waals surface area (Å²) in [5.41, 5.74) is 2.66. The van der Waals surface area contributed by atoms with Gasteiger partial charge >= 0.3 is 0 Å². The molecule has 0 aromatic carbocycles. The maximum absolute atomic E-state index is 4.69. The standard InChI is InChI=1S/C12H17N3/c1-2-3-12-13-7-9-10-5-4-8(14-10)6-11(9)15-12/h7-8,10,14H,2-6H2,1H3. The van der Waals surface area contributed by atoms with Crippen LogP contribution in [0.1, 0.15) is 49.3 Å². The molecular weight excluding hydrogens is 186 g/mol. The van der Waals surface area contributed by atoms with Crippen molar-refractivity contribution in [3.05, 3.63) is 23.3 Å². The molecule has 2 aliphatic rings. The van der Waals surface area contributed by atoms with Gasteiger partial charge in [0.05, 0.1) is 5.69 Å². The molecule has 80 valence electrons. The molecule has 3 heteroatoms. The van der Waals surface area contributed by atoms with E-state index in [0.717, 1.165) is 25.1 Å². The van der Waals surface area contributed by atoms with Gasteiger partial charge in [-0.2, -0.15) is 0 Å². The van der Waals surface area contributed by atoms with Gasteiger partial charge in [-0.15, -0.1) is 0 Å². The Labute approximate surface area is 90.3 Å². The summed E-state index contributed by atoms with van der Waals surface area (Å²) in [6, 6.07) is 1.21. The van der Waals surface area contributed by atoms with Gasteiger partial charge in [0.25, 0.3) is 0 Å². The van der Waals surface area contributed by atoms with Crippen LogP contribution in [-0.2, 0) is 12.8 Å². The summed E-state index contributed by atoms with van der Waals surface area (Å²) in [5, 5.41) is 3.62. The Morgan fingerprint density at radius 3 is 3.27 bits per heavy atom. The normalized spacial score (nSPS) is 27.8. The molecule has 2 unspecified atom stereocenters. The minimum Gasteiger partial charge on any atom is -0.307 e. The molecule has 1 aromatic rings. The molecule has 1 saturated heterocycles. The highest BCUT2D eigenvalue weighted by molar-refractivity contribution is 5.28. The average Bonchev–Trinajstić information content (AvgIpc) is 2.62. The monoisotopic (exact) mass is 203 g/mol. The summed E-state index contributed by atoms with van der Waals surface area (Å²) in [6.45, 7) is 2.17. The molecule has 1 fully saturated rings. The summed E-state index contributed by atoms with van der Waals surface area (Å²) >= 11 is 0. The summed E-state index contributed by atoms with van der Waals surface area (Å²) in [6.07, 6.45) is 7.84. The Balaban J connectivity index is 1.95. The lowest BCUT2D eigenvalue weighted by Gasteiger charge is -2.23. The molecule has 1 aromatic heterocycles. The second-order valence-corrected chi connectivity index (χ2v) is 4.64. The molecule has 2 bridgehead atoms. The fourth-order valence-corrected chi connectivity index (χ4v) is 2.73. The summed E-state index contributed by atoms with van der Waals surface area (Å²) in [5.74, 6) is 1.03. The lowest BCUT2D eigenvalue weighted by Crippen LogP contribution is -2.32. The van der Waals surface area contributed by atoms with Gasteiger partial charge in [0, 0.05) is 36.7 Å². The van der Waals surface area contributed by atoms with Crippen LogP contribution < -0.4 is 5.32 Å². The first-order valence-electron chi connectivity index (χ1n) is 5.97. The van der Waals surface area contributed by atoms with Gasteiger partial charge in [-0.25, -0.2) is 9.97 Å². The largest absolute Gasteiger partial charge is 0.307 e. The fraction of sp³-hybridized carbons (Fsp3) is 0.667. The van der Waals surface area contributed by atoms with Gasteiger partial charge in [0.1, 0.15) is 5.82 Å². The molecule has 3 rings (SSSR count). The first-order valence-corrected chi connectivity index (χ1v) is 5.97. The highest BCUT2D eigenvalue weighted by atomic mass is 15.0. The Bertz CT molecular complexity index is 375. The molecule has 0 radical (unpaired) electrons. The van der Waals surface area contributed by atoms with E-state index in [4.69, 9.17) is 4.98 Å². The SMILES string of the molecule is CCCc1ncc2c(n1)CC1CCC2N1. The van der Waals surface area contributed by atoms with Crippen LogP contribution in [0.3, 0.4) is 0 Å². The van der Waals surface area contributed by atoms with Crippen LogP contribution in [0.15, 0.2) is 6.20 Å². The van der Waals surface area contributed by atoms with Gasteiger partial charge in [0.15, 0.2) is 0 Å². The third-order valence-corrected chi connectivity index (χ3v) is 3.48. The second kappa shape index (κ2) is 3.56. The lowest BCUT2D eigenvalue weighted by molar-refractivity contribution is 0.501. The highest BCUT2D eigenvalue weighted by Crippen LogP contribution is 2.34. The van der Waals surface area contributed by atoms with E-state index in [-0.39, 0.29) is 0 Å². The Kier molecular flexibility index (Phi) is 2.20. The molecular formula is C12H17N3. The third-order valence-electron chi connectivity index (χ3n) is 3.48. The van der Waals surface area contributed by atoms with Crippen LogP contribution in [0.4, 0.5) is 0 Å². The number of nitrogens with one attached hydrogen (secondary N) is 1. The van der Waals surface area contributed by atoms with Crippen molar-refractivity contribution < 1.29 is 0 Å². The molecule has 2 aliphatic heterocycles. The zero-order chi connectivity index (χ0) is 10.3. The van der Waals surface area contributed by atoms with Crippen LogP contribution in [0, 0.1) is 0 Å². The molecule has 3 nitrogen and oxygen atoms in total. The Morgan fingerprint density at radius 1 is 1.47 bits per heavy atom. The molecule has 0 amide bonds. The summed E-state index contributed by atoms with van der Waals surface area (Å²) < 4.78 is 0. The predicted octanol–water partition coefficient (Wildman–Crippen LogP) is 1.78. The first kappa shape index (κ1) is 9.28. The molecule has 0 spiro atoms. The summed E-state index contributed by atoms with van der Waals surface area (Å²) in [4.78, 5) is 9.14. The number of hydrogen-bond donors (Lipinski definition) is 1. The van der Waals surface area contributed by atoms with Crippen molar-refractivity contribution in [2.75, 3.05) is 0 Å². The van der Waals surface area contributed by atoms with Crippen molar-refractivity contribution in [1.29, 1.82) is 0 Å². The minimum atomic E-state index is 0.537. The molecule has 0 aliphatic carbocycles. The van der Waals surface area contributed by atoms with Crippen LogP contribution in [-0.4, -0.2) is 16.0 Å². The van der Waals surface area contributed by atoms with Crippen molar-refractivity contribution in [2.24, 2.45) is 0 Å². The van der Waals surface area contributed by atoms with Crippen LogP contribution >= 0.6 is 0 Å². The zero-order valence-electron chi connectivity index (χ0n) is 9.16. The number of aryl methyl sites for hydroxylation is 1. The van der Waals surface area contributed by atoms with Gasteiger partial charge in [-0.3, -0.25) is 0 Å². The van der Waals surface area contributed by atoms with E-state index in [9.17, 15) is 0 Å². The number of rotatable bonds is 2. The number of fused-ring (bicyclic) bond motifs is 4. The van der Waals surface area contributed by atoms with Crippen LogP contribution in [0.25, 0.3) is 0 Å². The number of aromatic nitrogens is 2. The number of hydrogen-bond acceptors (Lipinski definition) is 3. The van der Waals surface area contributed by atoms with E-state index in [1.807, 2.05) is 6.20 Å². The average molecular weight is 203 g/mol. The molecule has 0 saturated carbocycles. The fourth-order valence-electron chi connectivity index (χ4n) is 2.73. The maximum atomic E-state index is 4.69. The van der Waals surface area contributed by atoms with Gasteiger partial charge < -0.3 is 5.32 Å². The van der Waals surface area contributed by atoms with Crippen LogP contribution in [0.2, 0.25) is 0 Å². The van der Waals surface area contributed by atoms with Crippen molar-refractivity contribution in [3.63, 3.8) is 0 Å². The maximum Gasteiger partial charge on any atom is 0.128 e. The molecule has 2 atom stereocenters. The minimum absolute atomic E-state index is 0.537. The van der Waals surface area contributed by atoms with E-state index < -0.39 is 0 Å². The van der Waals surface area contributed by atoms with E-state index in [1.165, 1.54) is 24.1 Å². The van der Waals surface area contributed by atoms with Gasteiger partial charge in [0.2, 0.25) is 0 Å². The van der Waals surface area contributed by atoms with Gasteiger partial charge in [-0.05, 0) is 19.3 Å². The van der Waals surface area contributed by atoms with Crippen LogP contribution in [0.5, 0.6) is 0 Å². The van der Waals surface area contributed by atoms with E-state index in [0.29, 0.717) is 12.1 Å². The topological polar surface area (TPSA) is 37.8 Å². The van der Waals surface area contributed by atoms with E-state index in [1.54, 1.807) is 0 Å². The van der Waals surface area contributed by atoms with E-state index >= 15 is 0 Å². The Hall–Kier alpha value is -0.960. The van der Waals surface area contributed by atoms with Crippen molar-refractivity contribution in [3.8, 4) is 0 Å². The van der Waals surface area contributed by atoms with E-state index in [2.05, 4.69) is 17.2 Å². The van der Waals surface area contributed by atoms with Gasteiger partial charge in [-0.1, -0.05) is 6.92 Å². The molecule has 1 N–H and O–H groups in total. The highest BCUT2D eigenvalue weighted by Gasteiger charge is 2.33. The quantitative estimate of drug-likeness (QED) is 0.796. The lowest BCUT2D eigenvalue weighted by atomic mass is 10.0. The third kappa shape index (κ3) is 1.55. The van der Waals surface area contributed by atoms with Crippen molar-refractivity contribution >= 4 is 0 Å². The Morgan fingerprint density at radius 2 is 2.40 bits per heavy atom. The molecule has 3 heterocycles. The second-order valence-electron chi connectivity index (χ2n) is 4.64. The smallest absolute Gasteiger partial charge is 0.128 e. The summed E-state index contributed by atoms with van der Waals surface area (Å²) in [7, 11) is 0. The van der Waals surface area contributed by atoms with Crippen molar-refractivity contribution in [1.82, 2.24) is 15.3 Å². The zero-order valence-corrected chi connectivity index (χ0v) is 9.16. The first-order chi connectivity index (χ1) is 7.36.